The molecule has 2 unspecified atom stereocenters. The predicted octanol–water partition coefficient (Wildman–Crippen LogP) is 1.30. The molecule has 0 heterocycles. The van der Waals surface area contributed by atoms with Gasteiger partial charge in [-0.1, -0.05) is 19.1 Å². The van der Waals surface area contributed by atoms with Crippen LogP contribution in [0.4, 0.5) is 5.69 Å². The smallest absolute Gasteiger partial charge is 0.335 e. The van der Waals surface area contributed by atoms with Crippen molar-refractivity contribution in [3.05, 3.63) is 29.8 Å². The van der Waals surface area contributed by atoms with Gasteiger partial charge in [-0.05, 0) is 24.6 Å². The number of hydrogen-bond acceptors (Lipinski definition) is 4. The van der Waals surface area contributed by atoms with E-state index in [9.17, 15) is 9.90 Å². The molecule has 2 atom stereocenters. The Bertz CT molecular complexity index is 365. The minimum atomic E-state index is -1.15. The summed E-state index contributed by atoms with van der Waals surface area (Å²) in [6.45, 7) is 3.73. The molecule has 88 valence electrons. The van der Waals surface area contributed by atoms with Crippen molar-refractivity contribution in [2.45, 2.75) is 25.9 Å². The summed E-state index contributed by atoms with van der Waals surface area (Å²) < 4.78 is 4.76. The minimum Gasteiger partial charge on any atom is -0.464 e. The number of nitrogen functional groups attached to an aromatic ring is 1. The highest BCUT2D eigenvalue weighted by Crippen LogP contribution is 2.21. The summed E-state index contributed by atoms with van der Waals surface area (Å²) in [6, 6.07) is 7.11. The summed E-state index contributed by atoms with van der Waals surface area (Å²) in [6.07, 6.45) is -1.15. The van der Waals surface area contributed by atoms with Crippen molar-refractivity contribution in [1.82, 2.24) is 0 Å². The van der Waals surface area contributed by atoms with E-state index in [0.29, 0.717) is 5.69 Å². The maximum absolute atomic E-state index is 11.3. The number of anilines is 1. The van der Waals surface area contributed by atoms with Crippen molar-refractivity contribution in [3.63, 3.8) is 0 Å². The number of rotatable bonds is 4. The monoisotopic (exact) mass is 223 g/mol. The Morgan fingerprint density at radius 1 is 1.56 bits per heavy atom. The zero-order valence-electron chi connectivity index (χ0n) is 9.51. The van der Waals surface area contributed by atoms with E-state index in [2.05, 4.69) is 0 Å². The second kappa shape index (κ2) is 5.51. The Labute approximate surface area is 95.0 Å². The van der Waals surface area contributed by atoms with Crippen LogP contribution in [0.3, 0.4) is 0 Å². The van der Waals surface area contributed by atoms with Crippen molar-refractivity contribution in [1.29, 1.82) is 0 Å². The average molecular weight is 223 g/mol. The molecule has 4 heteroatoms. The fourth-order valence-corrected chi connectivity index (χ4v) is 1.46. The van der Waals surface area contributed by atoms with Gasteiger partial charge in [-0.15, -0.1) is 0 Å². The minimum absolute atomic E-state index is 0.263. The van der Waals surface area contributed by atoms with Crippen molar-refractivity contribution >= 4 is 11.7 Å². The van der Waals surface area contributed by atoms with Crippen LogP contribution in [0.5, 0.6) is 0 Å². The Balaban J connectivity index is 2.77. The molecule has 0 radical (unpaired) electrons. The summed E-state index contributed by atoms with van der Waals surface area (Å²) in [5.74, 6) is -0.931. The molecule has 16 heavy (non-hydrogen) atoms. The van der Waals surface area contributed by atoms with Gasteiger partial charge in [0.25, 0.3) is 0 Å². The maximum Gasteiger partial charge on any atom is 0.335 e. The maximum atomic E-state index is 11.3. The van der Waals surface area contributed by atoms with Crippen LogP contribution in [0.15, 0.2) is 24.3 Å². The van der Waals surface area contributed by atoms with Crippen molar-refractivity contribution in [2.75, 3.05) is 12.3 Å². The van der Waals surface area contributed by atoms with Gasteiger partial charge in [0, 0.05) is 11.6 Å². The standard InChI is InChI=1S/C12H17NO3/c1-3-16-12(15)11(14)8(2)9-5-4-6-10(13)7-9/h4-8,11,14H,3,13H2,1-2H3. The molecule has 0 aliphatic carbocycles. The molecule has 0 aliphatic heterocycles. The SMILES string of the molecule is CCOC(=O)C(O)C(C)c1cccc(N)c1. The second-order valence-corrected chi connectivity index (χ2v) is 3.66. The molecule has 1 aromatic carbocycles. The summed E-state index contributed by atoms with van der Waals surface area (Å²) in [7, 11) is 0. The van der Waals surface area contributed by atoms with Crippen LogP contribution in [-0.2, 0) is 9.53 Å². The van der Waals surface area contributed by atoms with Crippen molar-refractivity contribution < 1.29 is 14.6 Å². The molecule has 0 bridgehead atoms. The molecule has 0 fully saturated rings. The first-order valence-electron chi connectivity index (χ1n) is 5.26. The van der Waals surface area contributed by atoms with Gasteiger partial charge in [0.1, 0.15) is 0 Å². The van der Waals surface area contributed by atoms with Crippen LogP contribution < -0.4 is 5.73 Å². The molecule has 0 aliphatic rings. The fraction of sp³-hybridized carbons (Fsp3) is 0.417. The first-order chi connectivity index (χ1) is 7.56. The van der Waals surface area contributed by atoms with Gasteiger partial charge < -0.3 is 15.6 Å². The summed E-state index contributed by atoms with van der Waals surface area (Å²) >= 11 is 0. The first-order valence-corrected chi connectivity index (χ1v) is 5.26. The van der Waals surface area contributed by atoms with Crippen LogP contribution in [0.25, 0.3) is 0 Å². The topological polar surface area (TPSA) is 72.5 Å². The van der Waals surface area contributed by atoms with Crippen LogP contribution >= 0.6 is 0 Å². The van der Waals surface area contributed by atoms with Gasteiger partial charge in [0.15, 0.2) is 6.10 Å². The lowest BCUT2D eigenvalue weighted by molar-refractivity contribution is -0.154. The lowest BCUT2D eigenvalue weighted by Crippen LogP contribution is -2.28. The fourth-order valence-electron chi connectivity index (χ4n) is 1.46. The molecule has 3 N–H and O–H groups in total. The molecule has 0 saturated heterocycles. The zero-order chi connectivity index (χ0) is 12.1. The molecule has 1 rings (SSSR count). The Morgan fingerprint density at radius 3 is 2.81 bits per heavy atom. The largest absolute Gasteiger partial charge is 0.464 e. The number of esters is 1. The number of nitrogens with two attached hydrogens (primary N) is 1. The van der Waals surface area contributed by atoms with E-state index in [4.69, 9.17) is 10.5 Å². The van der Waals surface area contributed by atoms with Crippen molar-refractivity contribution in [3.8, 4) is 0 Å². The molecule has 0 saturated carbocycles. The number of ether oxygens (including phenoxy) is 1. The van der Waals surface area contributed by atoms with Crippen LogP contribution in [0.2, 0.25) is 0 Å². The predicted molar refractivity (Wildman–Crippen MR) is 61.9 cm³/mol. The number of carbonyl (C=O) groups is 1. The highest BCUT2D eigenvalue weighted by molar-refractivity contribution is 5.75. The number of hydrogen-bond donors (Lipinski definition) is 2. The van der Waals surface area contributed by atoms with E-state index >= 15 is 0 Å². The van der Waals surface area contributed by atoms with E-state index in [1.165, 1.54) is 0 Å². The van der Waals surface area contributed by atoms with E-state index in [1.54, 1.807) is 32.0 Å². The van der Waals surface area contributed by atoms with Gasteiger partial charge in [-0.25, -0.2) is 4.79 Å². The first kappa shape index (κ1) is 12.5. The Morgan fingerprint density at radius 2 is 2.25 bits per heavy atom. The van der Waals surface area contributed by atoms with Crippen LogP contribution in [0, 0.1) is 0 Å². The van der Waals surface area contributed by atoms with Crippen LogP contribution in [-0.4, -0.2) is 23.8 Å². The number of aliphatic hydroxyl groups excluding tert-OH is 1. The van der Waals surface area contributed by atoms with Crippen LogP contribution in [0.1, 0.15) is 25.3 Å². The van der Waals surface area contributed by atoms with Crippen molar-refractivity contribution in [2.24, 2.45) is 0 Å². The molecular formula is C12H17NO3. The van der Waals surface area contributed by atoms with E-state index in [1.807, 2.05) is 6.07 Å². The van der Waals surface area contributed by atoms with Gasteiger partial charge in [0.2, 0.25) is 0 Å². The average Bonchev–Trinajstić information content (AvgIpc) is 2.27. The quantitative estimate of drug-likeness (QED) is 0.596. The second-order valence-electron chi connectivity index (χ2n) is 3.66. The van der Waals surface area contributed by atoms with Gasteiger partial charge in [0.05, 0.1) is 6.61 Å². The van der Waals surface area contributed by atoms with E-state index < -0.39 is 12.1 Å². The molecule has 0 aromatic heterocycles. The van der Waals surface area contributed by atoms with E-state index in [0.717, 1.165) is 5.56 Å². The van der Waals surface area contributed by atoms with Gasteiger partial charge in [-0.2, -0.15) is 0 Å². The molecular weight excluding hydrogens is 206 g/mol. The summed E-state index contributed by atoms with van der Waals surface area (Å²) in [5, 5.41) is 9.75. The summed E-state index contributed by atoms with van der Waals surface area (Å²) in [4.78, 5) is 11.3. The molecule has 0 spiro atoms. The lowest BCUT2D eigenvalue weighted by Gasteiger charge is -2.17. The third-order valence-electron chi connectivity index (χ3n) is 2.44. The number of aliphatic hydroxyl groups is 1. The lowest BCUT2D eigenvalue weighted by atomic mass is 9.95. The molecule has 1 aromatic rings. The van der Waals surface area contributed by atoms with E-state index in [-0.39, 0.29) is 12.5 Å². The number of carbonyl (C=O) groups excluding carboxylic acids is 1. The normalized spacial score (nSPS) is 14.2. The van der Waals surface area contributed by atoms with Gasteiger partial charge >= 0.3 is 5.97 Å². The third-order valence-corrected chi connectivity index (χ3v) is 2.44. The molecule has 4 nitrogen and oxygen atoms in total. The highest BCUT2D eigenvalue weighted by atomic mass is 16.5. The molecule has 0 amide bonds. The Kier molecular flexibility index (Phi) is 4.31. The Hall–Kier alpha value is -1.55. The third kappa shape index (κ3) is 2.97. The number of benzene rings is 1. The highest BCUT2D eigenvalue weighted by Gasteiger charge is 2.24. The van der Waals surface area contributed by atoms with Gasteiger partial charge in [-0.3, -0.25) is 0 Å². The summed E-state index contributed by atoms with van der Waals surface area (Å²) in [5.41, 5.74) is 7.06. The zero-order valence-corrected chi connectivity index (χ0v) is 9.51.